The number of rotatable bonds is 6. The third kappa shape index (κ3) is 7.18. The normalized spacial score (nSPS) is 17.6. The van der Waals surface area contributed by atoms with Crippen molar-refractivity contribution in [2.45, 2.75) is 45.3 Å². The number of nitrogens with one attached hydrogen (secondary N) is 2. The Labute approximate surface area is 103 Å². The third-order valence-electron chi connectivity index (χ3n) is 2.57. The summed E-state index contributed by atoms with van der Waals surface area (Å²) >= 11 is 0. The van der Waals surface area contributed by atoms with Crippen molar-refractivity contribution in [3.63, 3.8) is 0 Å². The smallest absolute Gasteiger partial charge is 0.407 e. The van der Waals surface area contributed by atoms with E-state index in [0.717, 1.165) is 12.5 Å². The van der Waals surface area contributed by atoms with Gasteiger partial charge >= 0.3 is 6.09 Å². The van der Waals surface area contributed by atoms with Crippen LogP contribution in [-0.4, -0.2) is 37.4 Å². The molecule has 0 heterocycles. The van der Waals surface area contributed by atoms with E-state index in [1.807, 2.05) is 20.8 Å². The molecule has 1 saturated carbocycles. The van der Waals surface area contributed by atoms with Crippen LogP contribution in [0.5, 0.6) is 0 Å². The van der Waals surface area contributed by atoms with Gasteiger partial charge in [-0.3, -0.25) is 0 Å². The van der Waals surface area contributed by atoms with Crippen LogP contribution >= 0.6 is 0 Å². The molecule has 1 amide bonds. The molecule has 1 fully saturated rings. The van der Waals surface area contributed by atoms with Gasteiger partial charge in [-0.25, -0.2) is 4.79 Å². The van der Waals surface area contributed by atoms with Gasteiger partial charge in [0.15, 0.2) is 0 Å². The number of nitrogens with two attached hydrogens (primary N) is 1. The second-order valence-electron chi connectivity index (χ2n) is 5.67. The summed E-state index contributed by atoms with van der Waals surface area (Å²) in [6.45, 7) is 7.56. The van der Waals surface area contributed by atoms with Crippen LogP contribution in [0.25, 0.3) is 0 Å². The zero-order chi connectivity index (χ0) is 12.9. The molecule has 0 spiro atoms. The molecule has 0 aromatic heterocycles. The minimum Gasteiger partial charge on any atom is -0.444 e. The number of carbonyl (C=O) groups is 1. The van der Waals surface area contributed by atoms with Crippen LogP contribution in [0, 0.1) is 5.92 Å². The maximum absolute atomic E-state index is 11.4. The highest BCUT2D eigenvalue weighted by atomic mass is 16.6. The second-order valence-corrected chi connectivity index (χ2v) is 5.67. The average molecular weight is 243 g/mol. The number of carbonyl (C=O) groups excluding carboxylic acids is 1. The Hall–Kier alpha value is -0.810. The van der Waals surface area contributed by atoms with E-state index in [1.54, 1.807) is 0 Å². The molecule has 0 aliphatic heterocycles. The number of hydrogen-bond donors (Lipinski definition) is 3. The summed E-state index contributed by atoms with van der Waals surface area (Å²) in [6.07, 6.45) is 2.23. The van der Waals surface area contributed by atoms with Crippen molar-refractivity contribution < 1.29 is 9.53 Å². The standard InChI is InChI=1S/C12H25N3O2/c1-12(2,3)17-11(16)15-8-10(6-13)14-7-9-4-5-9/h9-10,14H,4-8,13H2,1-3H3,(H,15,16). The van der Waals surface area contributed by atoms with Crippen LogP contribution < -0.4 is 16.4 Å². The van der Waals surface area contributed by atoms with Gasteiger partial charge in [-0.05, 0) is 46.1 Å². The molecule has 5 nitrogen and oxygen atoms in total. The Morgan fingerprint density at radius 2 is 2.12 bits per heavy atom. The van der Waals surface area contributed by atoms with Crippen molar-refractivity contribution in [1.29, 1.82) is 0 Å². The van der Waals surface area contributed by atoms with Crippen molar-refractivity contribution in [3.8, 4) is 0 Å². The lowest BCUT2D eigenvalue weighted by molar-refractivity contribution is 0.0523. The minimum atomic E-state index is -0.455. The molecule has 0 aromatic carbocycles. The van der Waals surface area contributed by atoms with Gasteiger partial charge in [0.1, 0.15) is 5.60 Å². The van der Waals surface area contributed by atoms with Crippen LogP contribution in [0.4, 0.5) is 4.79 Å². The SMILES string of the molecule is CC(C)(C)OC(=O)NCC(CN)NCC1CC1. The van der Waals surface area contributed by atoms with E-state index in [-0.39, 0.29) is 12.1 Å². The first kappa shape index (κ1) is 14.3. The molecular weight excluding hydrogens is 218 g/mol. The Kier molecular flexibility index (Phi) is 5.21. The zero-order valence-corrected chi connectivity index (χ0v) is 11.1. The molecule has 1 aliphatic rings. The molecule has 100 valence electrons. The third-order valence-corrected chi connectivity index (χ3v) is 2.57. The molecule has 4 N–H and O–H groups in total. The van der Waals surface area contributed by atoms with Crippen LogP contribution in [0.1, 0.15) is 33.6 Å². The monoisotopic (exact) mass is 243 g/mol. The van der Waals surface area contributed by atoms with E-state index in [0.29, 0.717) is 13.1 Å². The molecule has 0 aromatic rings. The van der Waals surface area contributed by atoms with Crippen LogP contribution in [0.3, 0.4) is 0 Å². The molecule has 0 radical (unpaired) electrons. The lowest BCUT2D eigenvalue weighted by Gasteiger charge is -2.22. The maximum Gasteiger partial charge on any atom is 0.407 e. The zero-order valence-electron chi connectivity index (χ0n) is 11.1. The summed E-state index contributed by atoms with van der Waals surface area (Å²) in [5.41, 5.74) is 5.18. The topological polar surface area (TPSA) is 76.4 Å². The second kappa shape index (κ2) is 6.21. The molecule has 0 bridgehead atoms. The maximum atomic E-state index is 11.4. The molecular formula is C12H25N3O2. The molecule has 0 saturated heterocycles. The Balaban J connectivity index is 2.14. The fourth-order valence-electron chi connectivity index (χ4n) is 1.41. The summed E-state index contributed by atoms with van der Waals surface area (Å²) in [5.74, 6) is 0.811. The van der Waals surface area contributed by atoms with Crippen LogP contribution in [0.2, 0.25) is 0 Å². The summed E-state index contributed by atoms with van der Waals surface area (Å²) in [7, 11) is 0. The predicted octanol–water partition coefficient (Wildman–Crippen LogP) is 0.838. The van der Waals surface area contributed by atoms with Crippen molar-refractivity contribution in [2.24, 2.45) is 11.7 Å². The first-order chi connectivity index (χ1) is 7.90. The van der Waals surface area contributed by atoms with Gasteiger partial charge in [0.05, 0.1) is 0 Å². The van der Waals surface area contributed by atoms with E-state index in [2.05, 4.69) is 10.6 Å². The van der Waals surface area contributed by atoms with Gasteiger partial charge in [-0.15, -0.1) is 0 Å². The van der Waals surface area contributed by atoms with E-state index in [1.165, 1.54) is 12.8 Å². The van der Waals surface area contributed by atoms with E-state index < -0.39 is 5.60 Å². The minimum absolute atomic E-state index is 0.128. The van der Waals surface area contributed by atoms with Gasteiger partial charge in [0.2, 0.25) is 0 Å². The molecule has 1 atom stereocenters. The highest BCUT2D eigenvalue weighted by molar-refractivity contribution is 5.67. The van der Waals surface area contributed by atoms with Gasteiger partial charge in [0, 0.05) is 19.1 Å². The fourth-order valence-corrected chi connectivity index (χ4v) is 1.41. The first-order valence-electron chi connectivity index (χ1n) is 6.31. The summed E-state index contributed by atoms with van der Waals surface area (Å²) in [4.78, 5) is 11.4. The highest BCUT2D eigenvalue weighted by Crippen LogP contribution is 2.27. The van der Waals surface area contributed by atoms with Crippen molar-refractivity contribution in [2.75, 3.05) is 19.6 Å². The van der Waals surface area contributed by atoms with Gasteiger partial charge in [-0.2, -0.15) is 0 Å². The number of amides is 1. The lowest BCUT2D eigenvalue weighted by atomic mass is 10.2. The van der Waals surface area contributed by atoms with E-state index in [9.17, 15) is 4.79 Å². The van der Waals surface area contributed by atoms with Crippen LogP contribution in [0.15, 0.2) is 0 Å². The quantitative estimate of drug-likeness (QED) is 0.646. The molecule has 1 aliphatic carbocycles. The van der Waals surface area contributed by atoms with E-state index in [4.69, 9.17) is 10.5 Å². The molecule has 5 heteroatoms. The summed E-state index contributed by atoms with van der Waals surface area (Å²) in [6, 6.07) is 0.128. The molecule has 1 unspecified atom stereocenters. The molecule has 17 heavy (non-hydrogen) atoms. The number of alkyl carbamates (subject to hydrolysis) is 1. The number of ether oxygens (including phenoxy) is 1. The first-order valence-corrected chi connectivity index (χ1v) is 6.31. The van der Waals surface area contributed by atoms with E-state index >= 15 is 0 Å². The van der Waals surface area contributed by atoms with Crippen molar-refractivity contribution >= 4 is 6.09 Å². The average Bonchev–Trinajstić information content (AvgIpc) is 2.99. The van der Waals surface area contributed by atoms with Crippen LogP contribution in [-0.2, 0) is 4.74 Å². The van der Waals surface area contributed by atoms with Crippen molar-refractivity contribution in [1.82, 2.24) is 10.6 Å². The predicted molar refractivity (Wildman–Crippen MR) is 67.8 cm³/mol. The Bertz CT molecular complexity index is 247. The highest BCUT2D eigenvalue weighted by Gasteiger charge is 2.22. The van der Waals surface area contributed by atoms with Crippen molar-refractivity contribution in [3.05, 3.63) is 0 Å². The summed E-state index contributed by atoms with van der Waals surface area (Å²) in [5, 5.41) is 6.08. The molecule has 1 rings (SSSR count). The van der Waals surface area contributed by atoms with Gasteiger partial charge in [0.25, 0.3) is 0 Å². The Morgan fingerprint density at radius 3 is 2.59 bits per heavy atom. The fraction of sp³-hybridized carbons (Fsp3) is 0.917. The Morgan fingerprint density at radius 1 is 1.47 bits per heavy atom. The van der Waals surface area contributed by atoms with Gasteiger partial charge < -0.3 is 21.1 Å². The van der Waals surface area contributed by atoms with Gasteiger partial charge in [-0.1, -0.05) is 0 Å². The largest absolute Gasteiger partial charge is 0.444 e. The summed E-state index contributed by atoms with van der Waals surface area (Å²) < 4.78 is 5.15. The number of hydrogen-bond acceptors (Lipinski definition) is 4. The lowest BCUT2D eigenvalue weighted by Crippen LogP contribution is -2.47.